The number of hydrogen-bond donors (Lipinski definition) is 0. The van der Waals surface area contributed by atoms with E-state index in [1.165, 1.54) is 11.3 Å². The first kappa shape index (κ1) is 23.6. The number of nitrogens with zero attached hydrogens (tertiary/aromatic N) is 2. The zero-order chi connectivity index (χ0) is 22.9. The van der Waals surface area contributed by atoms with Gasteiger partial charge in [0.25, 0.3) is 11.8 Å². The lowest BCUT2D eigenvalue weighted by Gasteiger charge is -2.34. The first-order valence-electron chi connectivity index (χ1n) is 10.7. The van der Waals surface area contributed by atoms with Gasteiger partial charge in [-0.25, -0.2) is 4.79 Å². The zero-order valence-corrected chi connectivity index (χ0v) is 19.2. The molecule has 0 unspecified atom stereocenters. The highest BCUT2D eigenvalue weighted by atomic mass is 32.1. The number of amides is 2. The number of ether oxygens (including phenoxy) is 3. The largest absolute Gasteiger partial charge is 0.490 e. The van der Waals surface area contributed by atoms with Crippen LogP contribution in [0.15, 0.2) is 35.7 Å². The molecule has 0 radical (unpaired) electrons. The van der Waals surface area contributed by atoms with Crippen molar-refractivity contribution in [1.82, 2.24) is 9.80 Å². The minimum Gasteiger partial charge on any atom is -0.490 e. The lowest BCUT2D eigenvalue weighted by atomic mass is 10.2. The fraction of sp³-hybridized carbons (Fsp3) is 0.435. The summed E-state index contributed by atoms with van der Waals surface area (Å²) in [5, 5.41) is 1.87. The molecule has 0 spiro atoms. The van der Waals surface area contributed by atoms with Crippen molar-refractivity contribution < 1.29 is 28.6 Å². The molecule has 1 aromatic heterocycles. The number of rotatable bonds is 9. The van der Waals surface area contributed by atoms with Crippen molar-refractivity contribution in [3.8, 4) is 11.5 Å². The van der Waals surface area contributed by atoms with Crippen LogP contribution in [0.3, 0.4) is 0 Å². The number of piperazine rings is 1. The Balaban J connectivity index is 1.50. The van der Waals surface area contributed by atoms with Crippen LogP contribution in [-0.2, 0) is 9.53 Å². The minimum absolute atomic E-state index is 0.0185. The molecule has 8 nitrogen and oxygen atoms in total. The number of esters is 1. The van der Waals surface area contributed by atoms with Crippen molar-refractivity contribution in [2.75, 3.05) is 46.0 Å². The molecule has 1 aliphatic heterocycles. The van der Waals surface area contributed by atoms with Crippen molar-refractivity contribution in [2.45, 2.75) is 20.3 Å². The molecule has 2 heterocycles. The summed E-state index contributed by atoms with van der Waals surface area (Å²) in [6, 6.07) is 8.47. The molecule has 9 heteroatoms. The quantitative estimate of drug-likeness (QED) is 0.535. The van der Waals surface area contributed by atoms with Crippen LogP contribution in [0.2, 0.25) is 0 Å². The van der Waals surface area contributed by atoms with Gasteiger partial charge in [0.1, 0.15) is 0 Å². The van der Waals surface area contributed by atoms with Gasteiger partial charge >= 0.3 is 5.97 Å². The number of carbonyl (C=O) groups excluding carboxylic acids is 3. The van der Waals surface area contributed by atoms with Gasteiger partial charge in [-0.15, -0.1) is 11.3 Å². The van der Waals surface area contributed by atoms with Gasteiger partial charge in [-0.05, 0) is 43.0 Å². The molecular formula is C23H28N2O6S. The molecule has 0 saturated carbocycles. The van der Waals surface area contributed by atoms with Crippen molar-refractivity contribution >= 4 is 29.1 Å². The van der Waals surface area contributed by atoms with Crippen LogP contribution < -0.4 is 9.47 Å². The average Bonchev–Trinajstić information content (AvgIpc) is 3.36. The maximum absolute atomic E-state index is 12.5. The molecule has 172 valence electrons. The van der Waals surface area contributed by atoms with E-state index in [1.54, 1.807) is 34.1 Å². The van der Waals surface area contributed by atoms with Gasteiger partial charge in [-0.2, -0.15) is 0 Å². The topological polar surface area (TPSA) is 85.4 Å². The summed E-state index contributed by atoms with van der Waals surface area (Å²) in [5.74, 6) is 0.127. The Morgan fingerprint density at radius 3 is 2.38 bits per heavy atom. The Morgan fingerprint density at radius 1 is 0.969 bits per heavy atom. The van der Waals surface area contributed by atoms with Gasteiger partial charge in [-0.3, -0.25) is 9.59 Å². The number of thiophene rings is 1. The summed E-state index contributed by atoms with van der Waals surface area (Å²) in [5.41, 5.74) is 0.288. The second-order valence-electron chi connectivity index (χ2n) is 7.17. The van der Waals surface area contributed by atoms with Gasteiger partial charge in [0, 0.05) is 26.2 Å². The summed E-state index contributed by atoms with van der Waals surface area (Å²) in [6.07, 6.45) is 0.855. The molecule has 1 aliphatic rings. The molecule has 2 aromatic rings. The van der Waals surface area contributed by atoms with Gasteiger partial charge in [-0.1, -0.05) is 13.0 Å². The molecular weight excluding hydrogens is 432 g/mol. The van der Waals surface area contributed by atoms with E-state index in [1.807, 2.05) is 25.3 Å². The monoisotopic (exact) mass is 460 g/mol. The fourth-order valence-corrected chi connectivity index (χ4v) is 3.94. The molecule has 1 aromatic carbocycles. The van der Waals surface area contributed by atoms with Gasteiger partial charge < -0.3 is 24.0 Å². The van der Waals surface area contributed by atoms with E-state index in [0.717, 1.165) is 6.42 Å². The highest BCUT2D eigenvalue weighted by Crippen LogP contribution is 2.29. The van der Waals surface area contributed by atoms with Crippen LogP contribution in [0.4, 0.5) is 0 Å². The first-order chi connectivity index (χ1) is 15.5. The number of hydrogen-bond acceptors (Lipinski definition) is 7. The Hall–Kier alpha value is -3.07. The molecule has 0 aliphatic carbocycles. The maximum Gasteiger partial charge on any atom is 0.338 e. The standard InChI is InChI=1S/C23H28N2O6S/c1-3-13-30-18-8-7-17(15-19(18)29-4-2)23(28)31-16-21(26)24-9-11-25(12-10-24)22(27)20-6-5-14-32-20/h5-8,14-15H,3-4,9-13,16H2,1-2H3. The van der Waals surface area contributed by atoms with Crippen LogP contribution >= 0.6 is 11.3 Å². The fourth-order valence-electron chi connectivity index (χ4n) is 3.25. The zero-order valence-electron chi connectivity index (χ0n) is 18.4. The Labute approximate surface area is 191 Å². The van der Waals surface area contributed by atoms with E-state index in [4.69, 9.17) is 14.2 Å². The Bertz CT molecular complexity index is 923. The summed E-state index contributed by atoms with van der Waals surface area (Å²) in [6.45, 7) is 6.20. The van der Waals surface area contributed by atoms with Crippen LogP contribution in [-0.4, -0.2) is 73.6 Å². The maximum atomic E-state index is 12.5. The van der Waals surface area contributed by atoms with Crippen LogP contribution in [0.25, 0.3) is 0 Å². The average molecular weight is 461 g/mol. The third kappa shape index (κ3) is 6.00. The summed E-state index contributed by atoms with van der Waals surface area (Å²) in [4.78, 5) is 41.4. The second kappa shape index (κ2) is 11.5. The molecule has 0 N–H and O–H groups in total. The third-order valence-electron chi connectivity index (χ3n) is 4.92. The number of benzene rings is 1. The minimum atomic E-state index is -0.604. The van der Waals surface area contributed by atoms with E-state index in [0.29, 0.717) is 55.8 Å². The van der Waals surface area contributed by atoms with Crippen LogP contribution in [0, 0.1) is 0 Å². The molecule has 32 heavy (non-hydrogen) atoms. The molecule has 3 rings (SSSR count). The normalized spacial score (nSPS) is 13.6. The molecule has 1 saturated heterocycles. The van der Waals surface area contributed by atoms with Crippen LogP contribution in [0.5, 0.6) is 11.5 Å². The molecule has 0 bridgehead atoms. The Kier molecular flexibility index (Phi) is 8.49. The summed E-state index contributed by atoms with van der Waals surface area (Å²) in [7, 11) is 0. The highest BCUT2D eigenvalue weighted by Gasteiger charge is 2.26. The van der Waals surface area contributed by atoms with Gasteiger partial charge in [0.05, 0.1) is 23.7 Å². The summed E-state index contributed by atoms with van der Waals surface area (Å²) >= 11 is 1.40. The second-order valence-corrected chi connectivity index (χ2v) is 8.12. The number of carbonyl (C=O) groups is 3. The van der Waals surface area contributed by atoms with E-state index >= 15 is 0 Å². The summed E-state index contributed by atoms with van der Waals surface area (Å²) < 4.78 is 16.4. The van der Waals surface area contributed by atoms with E-state index in [2.05, 4.69) is 0 Å². The molecule has 0 atom stereocenters. The van der Waals surface area contributed by atoms with Crippen molar-refractivity contribution in [1.29, 1.82) is 0 Å². The Morgan fingerprint density at radius 2 is 1.72 bits per heavy atom. The van der Waals surface area contributed by atoms with E-state index < -0.39 is 5.97 Å². The van der Waals surface area contributed by atoms with Gasteiger partial charge in [0.15, 0.2) is 18.1 Å². The lowest BCUT2D eigenvalue weighted by Crippen LogP contribution is -2.51. The molecule has 1 fully saturated rings. The predicted octanol–water partition coefficient (Wildman–Crippen LogP) is 3.08. The van der Waals surface area contributed by atoms with Crippen molar-refractivity contribution in [2.24, 2.45) is 0 Å². The SMILES string of the molecule is CCCOc1ccc(C(=O)OCC(=O)N2CCN(C(=O)c3cccs3)CC2)cc1OCC. The van der Waals surface area contributed by atoms with E-state index in [-0.39, 0.29) is 24.0 Å². The predicted molar refractivity (Wildman–Crippen MR) is 120 cm³/mol. The van der Waals surface area contributed by atoms with Gasteiger partial charge in [0.2, 0.25) is 0 Å². The molecule has 2 amide bonds. The highest BCUT2D eigenvalue weighted by molar-refractivity contribution is 7.12. The van der Waals surface area contributed by atoms with E-state index in [9.17, 15) is 14.4 Å². The first-order valence-corrected chi connectivity index (χ1v) is 11.6. The third-order valence-corrected chi connectivity index (χ3v) is 5.78. The smallest absolute Gasteiger partial charge is 0.338 e. The lowest BCUT2D eigenvalue weighted by molar-refractivity contribution is -0.136. The van der Waals surface area contributed by atoms with Crippen LogP contribution in [0.1, 0.15) is 40.3 Å². The van der Waals surface area contributed by atoms with Crippen molar-refractivity contribution in [3.05, 3.63) is 46.2 Å². The van der Waals surface area contributed by atoms with Crippen molar-refractivity contribution in [3.63, 3.8) is 0 Å².